The second-order valence-electron chi connectivity index (χ2n) is 5.95. The highest BCUT2D eigenvalue weighted by atomic mass is 32.1. The highest BCUT2D eigenvalue weighted by Crippen LogP contribution is 2.29. The standard InChI is InChI=1S/C16H20N4OS/c21-10-13-2-1-5-20(13)16-8-15(17-11-18-16)19-6-3-14-12(9-19)4-7-22-14/h4,7-8,11,13,21H,1-3,5-6,9-10H2/t13-/m0/s1. The fourth-order valence-electron chi connectivity index (χ4n) is 3.44. The van der Waals surface area contributed by atoms with Crippen molar-refractivity contribution >= 4 is 23.0 Å². The van der Waals surface area contributed by atoms with Crippen molar-refractivity contribution in [1.29, 1.82) is 0 Å². The molecule has 5 nitrogen and oxygen atoms in total. The van der Waals surface area contributed by atoms with Crippen molar-refractivity contribution in [3.8, 4) is 0 Å². The summed E-state index contributed by atoms with van der Waals surface area (Å²) in [5.41, 5.74) is 1.42. The van der Waals surface area contributed by atoms with Gasteiger partial charge in [0.25, 0.3) is 0 Å². The second-order valence-corrected chi connectivity index (χ2v) is 6.95. The number of thiophene rings is 1. The smallest absolute Gasteiger partial charge is 0.134 e. The molecule has 2 aliphatic rings. The van der Waals surface area contributed by atoms with Gasteiger partial charge >= 0.3 is 0 Å². The molecule has 0 aliphatic carbocycles. The van der Waals surface area contributed by atoms with Crippen molar-refractivity contribution in [3.05, 3.63) is 34.3 Å². The molecule has 0 aromatic carbocycles. The lowest BCUT2D eigenvalue weighted by atomic mass is 10.1. The van der Waals surface area contributed by atoms with Crippen LogP contribution in [0, 0.1) is 0 Å². The van der Waals surface area contributed by atoms with Crippen LogP contribution in [0.4, 0.5) is 11.6 Å². The van der Waals surface area contributed by atoms with E-state index in [1.807, 2.05) is 11.3 Å². The van der Waals surface area contributed by atoms with Crippen LogP contribution in [-0.2, 0) is 13.0 Å². The summed E-state index contributed by atoms with van der Waals surface area (Å²) < 4.78 is 0. The fraction of sp³-hybridized carbons (Fsp3) is 0.500. The zero-order valence-electron chi connectivity index (χ0n) is 12.5. The topological polar surface area (TPSA) is 52.5 Å². The molecule has 4 rings (SSSR count). The van der Waals surface area contributed by atoms with E-state index in [1.165, 1.54) is 10.4 Å². The van der Waals surface area contributed by atoms with E-state index in [9.17, 15) is 5.11 Å². The van der Waals surface area contributed by atoms with Crippen molar-refractivity contribution < 1.29 is 5.11 Å². The Hall–Kier alpha value is -1.66. The van der Waals surface area contributed by atoms with Crippen LogP contribution in [0.3, 0.4) is 0 Å². The molecule has 0 saturated carbocycles. The number of anilines is 2. The molecule has 0 radical (unpaired) electrons. The van der Waals surface area contributed by atoms with Gasteiger partial charge in [-0.05, 0) is 36.3 Å². The van der Waals surface area contributed by atoms with Gasteiger partial charge in [-0.1, -0.05) is 0 Å². The summed E-state index contributed by atoms with van der Waals surface area (Å²) in [4.78, 5) is 14.9. The zero-order chi connectivity index (χ0) is 14.9. The second kappa shape index (κ2) is 5.85. The molecule has 22 heavy (non-hydrogen) atoms. The highest BCUT2D eigenvalue weighted by Gasteiger charge is 2.26. The summed E-state index contributed by atoms with van der Waals surface area (Å²) in [6.45, 7) is 3.10. The first kappa shape index (κ1) is 14.0. The average molecular weight is 316 g/mol. The maximum Gasteiger partial charge on any atom is 0.134 e. The summed E-state index contributed by atoms with van der Waals surface area (Å²) in [6.07, 6.45) is 4.90. The first-order chi connectivity index (χ1) is 10.8. The number of aliphatic hydroxyl groups excluding tert-OH is 1. The molecule has 0 bridgehead atoms. The van der Waals surface area contributed by atoms with E-state index >= 15 is 0 Å². The summed E-state index contributed by atoms with van der Waals surface area (Å²) in [5.74, 6) is 1.93. The third-order valence-corrected chi connectivity index (χ3v) is 5.68. The maximum atomic E-state index is 9.51. The normalized spacial score (nSPS) is 21.2. The van der Waals surface area contributed by atoms with Crippen LogP contribution in [-0.4, -0.2) is 40.8 Å². The van der Waals surface area contributed by atoms with Gasteiger partial charge in [-0.3, -0.25) is 0 Å². The lowest BCUT2D eigenvalue weighted by Crippen LogP contribution is -2.34. The average Bonchev–Trinajstić information content (AvgIpc) is 3.23. The molecular weight excluding hydrogens is 296 g/mol. The molecule has 1 fully saturated rings. The van der Waals surface area contributed by atoms with E-state index in [1.54, 1.807) is 6.33 Å². The molecule has 116 valence electrons. The number of nitrogens with zero attached hydrogens (tertiary/aromatic N) is 4. The van der Waals surface area contributed by atoms with Crippen LogP contribution in [0.1, 0.15) is 23.3 Å². The lowest BCUT2D eigenvalue weighted by molar-refractivity contribution is 0.266. The number of rotatable bonds is 3. The molecule has 0 unspecified atom stereocenters. The van der Waals surface area contributed by atoms with E-state index in [0.29, 0.717) is 0 Å². The van der Waals surface area contributed by atoms with E-state index in [-0.39, 0.29) is 12.6 Å². The largest absolute Gasteiger partial charge is 0.394 e. The minimum absolute atomic E-state index is 0.196. The van der Waals surface area contributed by atoms with Crippen molar-refractivity contribution in [1.82, 2.24) is 9.97 Å². The van der Waals surface area contributed by atoms with Gasteiger partial charge in [0.1, 0.15) is 18.0 Å². The molecule has 0 spiro atoms. The van der Waals surface area contributed by atoms with E-state index in [4.69, 9.17) is 0 Å². The van der Waals surface area contributed by atoms with Crippen LogP contribution in [0.15, 0.2) is 23.8 Å². The van der Waals surface area contributed by atoms with Gasteiger partial charge in [0.2, 0.25) is 0 Å². The Morgan fingerprint density at radius 3 is 3.09 bits per heavy atom. The van der Waals surface area contributed by atoms with E-state index in [2.05, 4.69) is 37.3 Å². The Balaban J connectivity index is 1.57. The van der Waals surface area contributed by atoms with Crippen molar-refractivity contribution in [2.24, 2.45) is 0 Å². The van der Waals surface area contributed by atoms with Gasteiger partial charge < -0.3 is 14.9 Å². The Morgan fingerprint density at radius 1 is 1.27 bits per heavy atom. The predicted octanol–water partition coefficient (Wildman–Crippen LogP) is 2.06. The van der Waals surface area contributed by atoms with Crippen molar-refractivity contribution in [2.45, 2.75) is 31.8 Å². The summed E-state index contributed by atoms with van der Waals surface area (Å²) >= 11 is 1.85. The summed E-state index contributed by atoms with van der Waals surface area (Å²) in [6, 6.07) is 4.49. The molecule has 4 heterocycles. The van der Waals surface area contributed by atoms with Gasteiger partial charge in [-0.15, -0.1) is 11.3 Å². The van der Waals surface area contributed by atoms with Crippen LogP contribution < -0.4 is 9.80 Å². The molecule has 2 aromatic rings. The Kier molecular flexibility index (Phi) is 3.72. The third kappa shape index (κ3) is 2.46. The van der Waals surface area contributed by atoms with Gasteiger partial charge in [0.15, 0.2) is 0 Å². The maximum absolute atomic E-state index is 9.51. The number of fused-ring (bicyclic) bond motifs is 1. The van der Waals surface area contributed by atoms with Gasteiger partial charge in [0, 0.05) is 30.6 Å². The third-order valence-electron chi connectivity index (χ3n) is 4.65. The van der Waals surface area contributed by atoms with Gasteiger partial charge in [0.05, 0.1) is 12.6 Å². The minimum atomic E-state index is 0.196. The quantitative estimate of drug-likeness (QED) is 0.939. The number of hydrogen-bond donors (Lipinski definition) is 1. The number of aromatic nitrogens is 2. The minimum Gasteiger partial charge on any atom is -0.394 e. The first-order valence-electron chi connectivity index (χ1n) is 7.85. The number of hydrogen-bond acceptors (Lipinski definition) is 6. The van der Waals surface area contributed by atoms with Gasteiger partial charge in [-0.25, -0.2) is 9.97 Å². The molecule has 2 aliphatic heterocycles. The SMILES string of the molecule is OC[C@@H]1CCCN1c1cc(N2CCc3sccc3C2)ncn1. The molecular formula is C16H20N4OS. The van der Waals surface area contributed by atoms with Crippen LogP contribution in [0.25, 0.3) is 0 Å². The highest BCUT2D eigenvalue weighted by molar-refractivity contribution is 7.10. The molecule has 0 amide bonds. The molecule has 1 saturated heterocycles. The lowest BCUT2D eigenvalue weighted by Gasteiger charge is -2.29. The van der Waals surface area contributed by atoms with Crippen LogP contribution in [0.5, 0.6) is 0 Å². The Morgan fingerprint density at radius 2 is 2.18 bits per heavy atom. The van der Waals surface area contributed by atoms with E-state index < -0.39 is 0 Å². The predicted molar refractivity (Wildman–Crippen MR) is 88.6 cm³/mol. The Bertz CT molecular complexity index is 659. The van der Waals surface area contributed by atoms with Crippen LogP contribution >= 0.6 is 11.3 Å². The summed E-state index contributed by atoms with van der Waals surface area (Å²) in [5, 5.41) is 11.7. The molecule has 2 aromatic heterocycles. The number of aliphatic hydroxyl groups is 1. The van der Waals surface area contributed by atoms with Gasteiger partial charge in [-0.2, -0.15) is 0 Å². The zero-order valence-corrected chi connectivity index (χ0v) is 13.3. The van der Waals surface area contributed by atoms with E-state index in [0.717, 1.165) is 50.5 Å². The molecule has 1 atom stereocenters. The van der Waals surface area contributed by atoms with Crippen molar-refractivity contribution in [2.75, 3.05) is 29.5 Å². The Labute approximate surface area is 134 Å². The monoisotopic (exact) mass is 316 g/mol. The summed E-state index contributed by atoms with van der Waals surface area (Å²) in [7, 11) is 0. The fourth-order valence-corrected chi connectivity index (χ4v) is 4.33. The van der Waals surface area contributed by atoms with Crippen LogP contribution in [0.2, 0.25) is 0 Å². The molecule has 1 N–H and O–H groups in total. The first-order valence-corrected chi connectivity index (χ1v) is 8.73. The van der Waals surface area contributed by atoms with Crippen molar-refractivity contribution in [3.63, 3.8) is 0 Å². The molecule has 6 heteroatoms.